The molecule has 2 unspecified atom stereocenters. The van der Waals surface area contributed by atoms with Gasteiger partial charge in [-0.05, 0) is 45.9 Å². The SMILES string of the molecule is CCNC(C)C(C)N(CC)c1ccccc1C. The molecular formula is C15H26N2. The Hall–Kier alpha value is -1.02. The molecule has 0 saturated heterocycles. The minimum atomic E-state index is 0.500. The van der Waals surface area contributed by atoms with Gasteiger partial charge >= 0.3 is 0 Å². The Balaban J connectivity index is 2.88. The summed E-state index contributed by atoms with van der Waals surface area (Å²) >= 11 is 0. The highest BCUT2D eigenvalue weighted by atomic mass is 15.2. The summed E-state index contributed by atoms with van der Waals surface area (Å²) in [6, 6.07) is 9.62. The number of nitrogens with one attached hydrogen (secondary N) is 1. The summed E-state index contributed by atoms with van der Waals surface area (Å²) in [6.07, 6.45) is 0. The highest BCUT2D eigenvalue weighted by Crippen LogP contribution is 2.22. The molecule has 2 nitrogen and oxygen atoms in total. The number of hydrogen-bond donors (Lipinski definition) is 1. The van der Waals surface area contributed by atoms with Crippen molar-refractivity contribution in [3.63, 3.8) is 0 Å². The summed E-state index contributed by atoms with van der Waals surface area (Å²) in [4.78, 5) is 2.47. The largest absolute Gasteiger partial charge is 0.367 e. The van der Waals surface area contributed by atoms with E-state index in [0.717, 1.165) is 13.1 Å². The van der Waals surface area contributed by atoms with Gasteiger partial charge in [0.15, 0.2) is 0 Å². The number of hydrogen-bond acceptors (Lipinski definition) is 2. The van der Waals surface area contributed by atoms with Gasteiger partial charge in [0, 0.05) is 24.3 Å². The van der Waals surface area contributed by atoms with Crippen LogP contribution in [0.4, 0.5) is 5.69 Å². The monoisotopic (exact) mass is 234 g/mol. The average Bonchev–Trinajstić information content (AvgIpc) is 2.32. The lowest BCUT2D eigenvalue weighted by Gasteiger charge is -2.35. The predicted molar refractivity (Wildman–Crippen MR) is 76.8 cm³/mol. The van der Waals surface area contributed by atoms with Crippen LogP contribution in [0.15, 0.2) is 24.3 Å². The average molecular weight is 234 g/mol. The van der Waals surface area contributed by atoms with Crippen molar-refractivity contribution in [1.29, 1.82) is 0 Å². The van der Waals surface area contributed by atoms with Gasteiger partial charge in [-0.2, -0.15) is 0 Å². The molecule has 0 saturated carbocycles. The van der Waals surface area contributed by atoms with Crippen molar-refractivity contribution in [3.05, 3.63) is 29.8 Å². The van der Waals surface area contributed by atoms with E-state index in [0.29, 0.717) is 12.1 Å². The Labute approximate surface area is 106 Å². The lowest BCUT2D eigenvalue weighted by molar-refractivity contribution is 0.465. The van der Waals surface area contributed by atoms with E-state index in [1.165, 1.54) is 11.3 Å². The molecule has 2 heteroatoms. The molecule has 2 atom stereocenters. The van der Waals surface area contributed by atoms with E-state index < -0.39 is 0 Å². The third-order valence-electron chi connectivity index (χ3n) is 3.51. The smallest absolute Gasteiger partial charge is 0.0412 e. The van der Waals surface area contributed by atoms with Crippen molar-refractivity contribution in [2.24, 2.45) is 0 Å². The van der Waals surface area contributed by atoms with Crippen LogP contribution in [0.25, 0.3) is 0 Å². The summed E-state index contributed by atoms with van der Waals surface area (Å²) in [6.45, 7) is 13.2. The summed E-state index contributed by atoms with van der Waals surface area (Å²) in [5.41, 5.74) is 2.71. The molecule has 0 amide bonds. The molecule has 1 rings (SSSR count). The van der Waals surface area contributed by atoms with Crippen molar-refractivity contribution in [2.75, 3.05) is 18.0 Å². The summed E-state index contributed by atoms with van der Waals surface area (Å²) in [5.74, 6) is 0. The molecule has 0 radical (unpaired) electrons. The number of aryl methyl sites for hydroxylation is 1. The maximum atomic E-state index is 3.51. The van der Waals surface area contributed by atoms with Crippen molar-refractivity contribution < 1.29 is 0 Å². The van der Waals surface area contributed by atoms with Gasteiger partial charge in [0.1, 0.15) is 0 Å². The minimum absolute atomic E-state index is 0.500. The van der Waals surface area contributed by atoms with Crippen molar-refractivity contribution >= 4 is 5.69 Å². The number of anilines is 1. The quantitative estimate of drug-likeness (QED) is 0.813. The van der Waals surface area contributed by atoms with Crippen LogP contribution in [0.2, 0.25) is 0 Å². The Kier molecular flexibility index (Phi) is 5.49. The first-order valence-electron chi connectivity index (χ1n) is 6.67. The van der Waals surface area contributed by atoms with E-state index in [1.54, 1.807) is 0 Å². The zero-order valence-electron chi connectivity index (χ0n) is 11.8. The highest BCUT2D eigenvalue weighted by Gasteiger charge is 2.19. The minimum Gasteiger partial charge on any atom is -0.367 e. The first-order valence-corrected chi connectivity index (χ1v) is 6.67. The van der Waals surface area contributed by atoms with Crippen LogP contribution in [0.5, 0.6) is 0 Å². The number of likely N-dealkylation sites (N-methyl/N-ethyl adjacent to an activating group) is 2. The molecule has 0 aromatic heterocycles. The van der Waals surface area contributed by atoms with Gasteiger partial charge in [-0.15, -0.1) is 0 Å². The first kappa shape index (κ1) is 14.0. The molecule has 0 aliphatic carbocycles. The van der Waals surface area contributed by atoms with Crippen LogP contribution in [0.1, 0.15) is 33.3 Å². The molecule has 1 aromatic rings. The fourth-order valence-corrected chi connectivity index (χ4v) is 2.33. The molecule has 1 aromatic carbocycles. The second-order valence-corrected chi connectivity index (χ2v) is 4.66. The number of nitrogens with zero attached hydrogens (tertiary/aromatic N) is 1. The van der Waals surface area contributed by atoms with Crippen molar-refractivity contribution in [2.45, 2.75) is 46.7 Å². The molecule has 0 aliphatic rings. The zero-order chi connectivity index (χ0) is 12.8. The van der Waals surface area contributed by atoms with E-state index >= 15 is 0 Å². The standard InChI is InChI=1S/C15H26N2/c1-6-16-13(4)14(5)17(7-2)15-11-9-8-10-12(15)3/h8-11,13-14,16H,6-7H2,1-5H3. The van der Waals surface area contributed by atoms with Gasteiger partial charge < -0.3 is 10.2 Å². The number of para-hydroxylation sites is 1. The van der Waals surface area contributed by atoms with E-state index in [9.17, 15) is 0 Å². The van der Waals surface area contributed by atoms with Gasteiger partial charge in [-0.25, -0.2) is 0 Å². The van der Waals surface area contributed by atoms with E-state index in [1.807, 2.05) is 0 Å². The van der Waals surface area contributed by atoms with E-state index in [2.05, 4.69) is 69.1 Å². The van der Waals surface area contributed by atoms with Gasteiger partial charge in [0.05, 0.1) is 0 Å². The fourth-order valence-electron chi connectivity index (χ4n) is 2.33. The lowest BCUT2D eigenvalue weighted by Crippen LogP contribution is -2.47. The molecule has 1 N–H and O–H groups in total. The molecule has 0 heterocycles. The molecular weight excluding hydrogens is 208 g/mol. The Morgan fingerprint density at radius 1 is 1.18 bits per heavy atom. The summed E-state index contributed by atoms with van der Waals surface area (Å²) in [7, 11) is 0. The van der Waals surface area contributed by atoms with Gasteiger partial charge in [-0.1, -0.05) is 25.1 Å². The number of rotatable bonds is 6. The van der Waals surface area contributed by atoms with Crippen LogP contribution >= 0.6 is 0 Å². The molecule has 0 fully saturated rings. The van der Waals surface area contributed by atoms with Crippen LogP contribution in [-0.2, 0) is 0 Å². The second kappa shape index (κ2) is 6.65. The fraction of sp³-hybridized carbons (Fsp3) is 0.600. The molecule has 0 spiro atoms. The first-order chi connectivity index (χ1) is 8.11. The molecule has 0 bridgehead atoms. The topological polar surface area (TPSA) is 15.3 Å². The number of benzene rings is 1. The molecule has 17 heavy (non-hydrogen) atoms. The van der Waals surface area contributed by atoms with Crippen molar-refractivity contribution in [1.82, 2.24) is 5.32 Å². The van der Waals surface area contributed by atoms with Crippen LogP contribution < -0.4 is 10.2 Å². The maximum Gasteiger partial charge on any atom is 0.0412 e. The lowest BCUT2D eigenvalue weighted by atomic mass is 10.1. The van der Waals surface area contributed by atoms with E-state index in [4.69, 9.17) is 0 Å². The predicted octanol–water partition coefficient (Wildman–Crippen LogP) is 3.21. The molecule has 96 valence electrons. The van der Waals surface area contributed by atoms with Crippen LogP contribution in [0, 0.1) is 6.92 Å². The highest BCUT2D eigenvalue weighted by molar-refractivity contribution is 5.53. The Bertz CT molecular complexity index is 335. The van der Waals surface area contributed by atoms with Crippen LogP contribution in [0.3, 0.4) is 0 Å². The Morgan fingerprint density at radius 3 is 2.35 bits per heavy atom. The second-order valence-electron chi connectivity index (χ2n) is 4.66. The van der Waals surface area contributed by atoms with Gasteiger partial charge in [-0.3, -0.25) is 0 Å². The molecule has 0 aliphatic heterocycles. The van der Waals surface area contributed by atoms with Gasteiger partial charge in [0.25, 0.3) is 0 Å². The summed E-state index contributed by atoms with van der Waals surface area (Å²) < 4.78 is 0. The van der Waals surface area contributed by atoms with E-state index in [-0.39, 0.29) is 0 Å². The summed E-state index contributed by atoms with van der Waals surface area (Å²) in [5, 5.41) is 3.51. The zero-order valence-corrected chi connectivity index (χ0v) is 11.8. The van der Waals surface area contributed by atoms with Crippen molar-refractivity contribution in [3.8, 4) is 0 Å². The normalized spacial score (nSPS) is 14.4. The Morgan fingerprint density at radius 2 is 1.82 bits per heavy atom. The van der Waals surface area contributed by atoms with Gasteiger partial charge in [0.2, 0.25) is 0 Å². The third kappa shape index (κ3) is 3.47. The van der Waals surface area contributed by atoms with Crippen LogP contribution in [-0.4, -0.2) is 25.2 Å². The maximum absolute atomic E-state index is 3.51. The third-order valence-corrected chi connectivity index (χ3v) is 3.51.